The van der Waals surface area contributed by atoms with Crippen molar-refractivity contribution in [2.45, 2.75) is 11.5 Å². The predicted molar refractivity (Wildman–Crippen MR) is 77.0 cm³/mol. The Hall–Kier alpha value is -1.54. The normalized spacial score (nSPS) is 15.5. The van der Waals surface area contributed by atoms with Crippen LogP contribution in [0.4, 0.5) is 0 Å². The molecule has 18 heavy (non-hydrogen) atoms. The summed E-state index contributed by atoms with van der Waals surface area (Å²) >= 11 is 0. The molecule has 2 aromatic rings. The molecule has 0 fully saturated rings. The first-order valence-corrected chi connectivity index (χ1v) is 8.02. The maximum absolute atomic E-state index is 12.6. The smallest absolute Gasteiger partial charge is 0.193 e. The minimum Gasteiger partial charge on any atom is -0.289 e. The van der Waals surface area contributed by atoms with Crippen LogP contribution >= 0.6 is 0 Å². The molecule has 90 valence electrons. The lowest BCUT2D eigenvalue weighted by Gasteiger charge is -2.15. The Bertz CT molecular complexity index is 552. The van der Waals surface area contributed by atoms with Gasteiger partial charge >= 0.3 is 0 Å². The molecule has 0 radical (unpaired) electrons. The van der Waals surface area contributed by atoms with E-state index in [0.717, 1.165) is 22.6 Å². The van der Waals surface area contributed by atoms with Gasteiger partial charge in [-0.1, -0.05) is 48.5 Å². The molecule has 1 aliphatic heterocycles. The molecule has 2 heteroatoms. The predicted octanol–water partition coefficient (Wildman–Crippen LogP) is 3.18. The van der Waals surface area contributed by atoms with Crippen LogP contribution in [0.15, 0.2) is 48.5 Å². The van der Waals surface area contributed by atoms with Gasteiger partial charge < -0.3 is 0 Å². The van der Waals surface area contributed by atoms with Crippen molar-refractivity contribution < 1.29 is 4.79 Å². The van der Waals surface area contributed by atoms with Crippen LogP contribution in [0.1, 0.15) is 27.0 Å². The van der Waals surface area contributed by atoms with Gasteiger partial charge in [-0.2, -0.15) is 0 Å². The van der Waals surface area contributed by atoms with E-state index in [1.807, 2.05) is 36.4 Å². The van der Waals surface area contributed by atoms with Gasteiger partial charge in [0.2, 0.25) is 0 Å². The van der Waals surface area contributed by atoms with Gasteiger partial charge in [0.15, 0.2) is 5.78 Å². The van der Waals surface area contributed by atoms with Gasteiger partial charge in [0.1, 0.15) is 11.5 Å². The highest BCUT2D eigenvalue weighted by atomic mass is 32.2. The lowest BCUT2D eigenvalue weighted by Crippen LogP contribution is -2.17. The number of hydrogen-bond acceptors (Lipinski definition) is 1. The lowest BCUT2D eigenvalue weighted by atomic mass is 9.96. The van der Waals surface area contributed by atoms with Crippen LogP contribution < -0.4 is 0 Å². The molecular weight excluding hydrogens is 240 g/mol. The average molecular weight is 255 g/mol. The van der Waals surface area contributed by atoms with E-state index >= 15 is 0 Å². The zero-order valence-corrected chi connectivity index (χ0v) is 11.2. The SMILES string of the molecule is C[S+]1Cc2ccccc2C(=O)c2ccccc2C1. The summed E-state index contributed by atoms with van der Waals surface area (Å²) in [5.41, 5.74) is 4.15. The van der Waals surface area contributed by atoms with Gasteiger partial charge in [-0.25, -0.2) is 0 Å². The summed E-state index contributed by atoms with van der Waals surface area (Å²) in [5, 5.41) is 0. The van der Waals surface area contributed by atoms with E-state index in [-0.39, 0.29) is 5.78 Å². The molecular formula is C16H15OS+. The summed E-state index contributed by atoms with van der Waals surface area (Å²) in [6.07, 6.45) is 2.28. The van der Waals surface area contributed by atoms with Crippen molar-refractivity contribution >= 4 is 16.7 Å². The van der Waals surface area contributed by atoms with Crippen LogP contribution in [0, 0.1) is 0 Å². The summed E-state index contributed by atoms with van der Waals surface area (Å²) in [6.45, 7) is 0. The van der Waals surface area contributed by atoms with Gasteiger partial charge in [0.25, 0.3) is 0 Å². The molecule has 1 nitrogen and oxygen atoms in total. The second-order valence-corrected chi connectivity index (χ2v) is 6.85. The number of rotatable bonds is 0. The van der Waals surface area contributed by atoms with E-state index in [0.29, 0.717) is 10.9 Å². The third kappa shape index (κ3) is 1.97. The Morgan fingerprint density at radius 2 is 1.28 bits per heavy atom. The molecule has 1 aliphatic rings. The minimum atomic E-state index is 0.179. The Morgan fingerprint density at radius 1 is 0.833 bits per heavy atom. The first kappa shape index (κ1) is 11.5. The van der Waals surface area contributed by atoms with Crippen LogP contribution in [0.25, 0.3) is 0 Å². The summed E-state index contributed by atoms with van der Waals surface area (Å²) < 4.78 is 0. The fourth-order valence-electron chi connectivity index (χ4n) is 2.46. The van der Waals surface area contributed by atoms with Crippen LogP contribution in [0.5, 0.6) is 0 Å². The molecule has 0 N–H and O–H groups in total. The van der Waals surface area contributed by atoms with Crippen LogP contribution in [0.3, 0.4) is 0 Å². The monoisotopic (exact) mass is 255 g/mol. The fourth-order valence-corrected chi connectivity index (χ4v) is 4.13. The van der Waals surface area contributed by atoms with Crippen LogP contribution in [-0.4, -0.2) is 12.0 Å². The van der Waals surface area contributed by atoms with Crippen molar-refractivity contribution in [2.24, 2.45) is 0 Å². The zero-order chi connectivity index (χ0) is 12.5. The van der Waals surface area contributed by atoms with Crippen molar-refractivity contribution in [1.29, 1.82) is 0 Å². The first-order chi connectivity index (χ1) is 8.75. The van der Waals surface area contributed by atoms with Crippen LogP contribution in [0.2, 0.25) is 0 Å². The highest BCUT2D eigenvalue weighted by molar-refractivity contribution is 7.94. The molecule has 0 amide bonds. The largest absolute Gasteiger partial charge is 0.289 e. The second-order valence-electron chi connectivity index (χ2n) is 4.71. The van der Waals surface area contributed by atoms with E-state index in [4.69, 9.17) is 0 Å². The van der Waals surface area contributed by atoms with Crippen molar-refractivity contribution in [3.63, 3.8) is 0 Å². The van der Waals surface area contributed by atoms with Gasteiger partial charge in [-0.3, -0.25) is 4.79 Å². The van der Waals surface area contributed by atoms with E-state index in [9.17, 15) is 4.79 Å². The average Bonchev–Trinajstić information content (AvgIpc) is 2.38. The van der Waals surface area contributed by atoms with E-state index < -0.39 is 0 Å². The molecule has 0 bridgehead atoms. The summed E-state index contributed by atoms with van der Waals surface area (Å²) in [6, 6.07) is 16.0. The first-order valence-electron chi connectivity index (χ1n) is 6.05. The van der Waals surface area contributed by atoms with Gasteiger partial charge in [-0.05, 0) is 10.9 Å². The minimum absolute atomic E-state index is 0.179. The van der Waals surface area contributed by atoms with Crippen LogP contribution in [-0.2, 0) is 22.4 Å². The van der Waals surface area contributed by atoms with Crippen molar-refractivity contribution in [2.75, 3.05) is 6.26 Å². The molecule has 0 saturated heterocycles. The number of benzene rings is 2. The highest BCUT2D eigenvalue weighted by Crippen LogP contribution is 2.25. The van der Waals surface area contributed by atoms with Gasteiger partial charge in [0.05, 0.1) is 6.26 Å². The zero-order valence-electron chi connectivity index (χ0n) is 10.3. The van der Waals surface area contributed by atoms with E-state index in [2.05, 4.69) is 18.4 Å². The lowest BCUT2D eigenvalue weighted by molar-refractivity contribution is 0.103. The summed E-state index contributed by atoms with van der Waals surface area (Å²) in [7, 11) is 0.291. The third-order valence-corrected chi connectivity index (χ3v) is 4.94. The summed E-state index contributed by atoms with van der Waals surface area (Å²) in [4.78, 5) is 12.6. The summed E-state index contributed by atoms with van der Waals surface area (Å²) in [5.74, 6) is 2.20. The molecule has 0 spiro atoms. The number of carbonyl (C=O) groups excluding carboxylic acids is 1. The Balaban J connectivity index is 2.20. The van der Waals surface area contributed by atoms with Crippen molar-refractivity contribution in [1.82, 2.24) is 0 Å². The number of hydrogen-bond donors (Lipinski definition) is 0. The number of ketones is 1. The molecule has 3 rings (SSSR count). The molecule has 0 atom stereocenters. The quantitative estimate of drug-likeness (QED) is 0.661. The standard InChI is InChI=1S/C16H15OS/c1-18-10-12-6-2-4-8-14(12)16(17)15-9-5-3-7-13(15)11-18/h2-9H,10-11H2,1H3/q+1. The molecule has 0 aromatic heterocycles. The third-order valence-electron chi connectivity index (χ3n) is 3.33. The maximum Gasteiger partial charge on any atom is 0.193 e. The molecule has 1 heterocycles. The molecule has 0 unspecified atom stereocenters. The van der Waals surface area contributed by atoms with E-state index in [1.165, 1.54) is 11.1 Å². The maximum atomic E-state index is 12.6. The van der Waals surface area contributed by atoms with Crippen molar-refractivity contribution in [3.8, 4) is 0 Å². The molecule has 0 aliphatic carbocycles. The van der Waals surface area contributed by atoms with Gasteiger partial charge in [-0.15, -0.1) is 0 Å². The Kier molecular flexibility index (Phi) is 2.96. The van der Waals surface area contributed by atoms with Gasteiger partial charge in [0, 0.05) is 22.3 Å². The van der Waals surface area contributed by atoms with Crippen molar-refractivity contribution in [3.05, 3.63) is 70.8 Å². The highest BCUT2D eigenvalue weighted by Gasteiger charge is 2.25. The molecule has 2 aromatic carbocycles. The number of fused-ring (bicyclic) bond motifs is 2. The Morgan fingerprint density at radius 3 is 1.78 bits per heavy atom. The Labute approximate surface area is 110 Å². The number of carbonyl (C=O) groups is 1. The van der Waals surface area contributed by atoms with E-state index in [1.54, 1.807) is 0 Å². The molecule has 0 saturated carbocycles. The topological polar surface area (TPSA) is 17.1 Å². The fraction of sp³-hybridized carbons (Fsp3) is 0.188. The second kappa shape index (κ2) is 4.62.